The Morgan fingerprint density at radius 3 is 0.833 bits per heavy atom. The van der Waals surface area contributed by atoms with Gasteiger partial charge in [0, 0.05) is 0 Å². The Morgan fingerprint density at radius 1 is 0.667 bits per heavy atom. The lowest BCUT2D eigenvalue weighted by atomic mass is 10.6. The van der Waals surface area contributed by atoms with Gasteiger partial charge in [-0.05, 0) is 20.1 Å². The van der Waals surface area contributed by atoms with E-state index in [1.54, 1.807) is 0 Å². The van der Waals surface area contributed by atoms with Crippen molar-refractivity contribution in [2.24, 2.45) is 0 Å². The highest BCUT2D eigenvalue weighted by molar-refractivity contribution is 4.36. The molecule has 0 atom stereocenters. The van der Waals surface area contributed by atoms with Crippen LogP contribution in [0.2, 0.25) is 0 Å². The molecule has 0 spiro atoms. The summed E-state index contributed by atoms with van der Waals surface area (Å²) in [6, 6.07) is 0. The molecule has 0 N–H and O–H groups in total. The molecule has 0 aliphatic rings. The summed E-state index contributed by atoms with van der Waals surface area (Å²) in [5, 5.41) is 0. The van der Waals surface area contributed by atoms with Crippen LogP contribution in [0.15, 0.2) is 0 Å². The van der Waals surface area contributed by atoms with Gasteiger partial charge in [-0.1, -0.05) is 55.4 Å². The monoisotopic (exact) mass is 177 g/mol. The first-order valence-corrected chi connectivity index (χ1v) is 5.49. The molecule has 0 aromatic carbocycles. The standard InChI is InChI=1S/C5H13N.3C2H6/c1-4-6(3)5-2;3*1-2/h4-5H2,1-3H3;3*1-2H3. The van der Waals surface area contributed by atoms with E-state index in [1.165, 1.54) is 0 Å². The van der Waals surface area contributed by atoms with Crippen LogP contribution >= 0.6 is 0 Å². The Hall–Kier alpha value is -0.0400. The molecule has 1 heteroatoms. The van der Waals surface area contributed by atoms with Crippen LogP contribution in [0.4, 0.5) is 0 Å². The van der Waals surface area contributed by atoms with Crippen LogP contribution in [0.1, 0.15) is 55.4 Å². The van der Waals surface area contributed by atoms with Crippen molar-refractivity contribution in [2.45, 2.75) is 55.4 Å². The highest BCUT2D eigenvalue weighted by atomic mass is 15.1. The maximum atomic E-state index is 2.25. The van der Waals surface area contributed by atoms with Gasteiger partial charge in [0.25, 0.3) is 0 Å². The van der Waals surface area contributed by atoms with Crippen LogP contribution in [0.25, 0.3) is 0 Å². The molecule has 0 amide bonds. The quantitative estimate of drug-likeness (QED) is 0.615. The largest absolute Gasteiger partial charge is 0.307 e. The van der Waals surface area contributed by atoms with Gasteiger partial charge in [-0.15, -0.1) is 0 Å². The molecular weight excluding hydrogens is 146 g/mol. The Labute approximate surface area is 81.2 Å². The molecule has 0 bridgehead atoms. The van der Waals surface area contributed by atoms with Crippen molar-refractivity contribution in [1.82, 2.24) is 4.90 Å². The fraction of sp³-hybridized carbons (Fsp3) is 1.00. The second-order valence-electron chi connectivity index (χ2n) is 1.49. The predicted molar refractivity (Wildman–Crippen MR) is 62.9 cm³/mol. The van der Waals surface area contributed by atoms with Crippen LogP contribution in [0.5, 0.6) is 0 Å². The van der Waals surface area contributed by atoms with Gasteiger partial charge in [-0.2, -0.15) is 0 Å². The van der Waals surface area contributed by atoms with Crippen LogP contribution in [-0.4, -0.2) is 25.0 Å². The van der Waals surface area contributed by atoms with Gasteiger partial charge >= 0.3 is 0 Å². The summed E-state index contributed by atoms with van der Waals surface area (Å²) < 4.78 is 0. The third kappa shape index (κ3) is 51.0. The molecule has 0 aliphatic heterocycles. The fourth-order valence-electron chi connectivity index (χ4n) is 0.224. The summed E-state index contributed by atoms with van der Waals surface area (Å²) in [6.45, 7) is 18.6. The summed E-state index contributed by atoms with van der Waals surface area (Å²) in [5.74, 6) is 0. The summed E-state index contributed by atoms with van der Waals surface area (Å²) in [4.78, 5) is 2.25. The molecule has 0 radical (unpaired) electrons. The van der Waals surface area contributed by atoms with Crippen LogP contribution < -0.4 is 0 Å². The van der Waals surface area contributed by atoms with E-state index in [1.807, 2.05) is 41.5 Å². The summed E-state index contributed by atoms with van der Waals surface area (Å²) in [6.07, 6.45) is 0. The Kier molecular flexibility index (Phi) is 83.5. The minimum Gasteiger partial charge on any atom is -0.307 e. The maximum absolute atomic E-state index is 2.25. The zero-order valence-corrected chi connectivity index (χ0v) is 10.9. The lowest BCUT2D eigenvalue weighted by Crippen LogP contribution is -2.15. The fourth-order valence-corrected chi connectivity index (χ4v) is 0.224. The smallest absolute Gasteiger partial charge is 0.00504 e. The highest BCUT2D eigenvalue weighted by Gasteiger charge is 1.81. The molecule has 80 valence electrons. The average molecular weight is 177 g/mol. The van der Waals surface area contributed by atoms with Gasteiger partial charge in [-0.25, -0.2) is 0 Å². The van der Waals surface area contributed by atoms with Crippen molar-refractivity contribution >= 4 is 0 Å². The van der Waals surface area contributed by atoms with E-state index in [0.717, 1.165) is 13.1 Å². The van der Waals surface area contributed by atoms with Crippen molar-refractivity contribution in [3.8, 4) is 0 Å². The van der Waals surface area contributed by atoms with Gasteiger partial charge in [0.2, 0.25) is 0 Å². The number of nitrogens with zero attached hydrogens (tertiary/aromatic N) is 1. The van der Waals surface area contributed by atoms with Crippen molar-refractivity contribution < 1.29 is 0 Å². The highest BCUT2D eigenvalue weighted by Crippen LogP contribution is 1.73. The molecule has 0 aliphatic carbocycles. The molecule has 1 nitrogen and oxygen atoms in total. The Morgan fingerprint density at radius 2 is 0.833 bits per heavy atom. The zero-order valence-electron chi connectivity index (χ0n) is 10.9. The SMILES string of the molecule is CC.CC.CC.CCN(C)CC. The molecule has 0 fully saturated rings. The molecule has 0 aromatic heterocycles. The number of hydrogen-bond donors (Lipinski definition) is 0. The van der Waals surface area contributed by atoms with E-state index in [4.69, 9.17) is 0 Å². The minimum atomic E-state index is 1.16. The molecule has 0 aromatic rings. The third-order valence-corrected chi connectivity index (χ3v) is 1.08. The molecule has 0 saturated carbocycles. The van der Waals surface area contributed by atoms with Crippen LogP contribution in [0, 0.1) is 0 Å². The number of hydrogen-bond acceptors (Lipinski definition) is 1. The summed E-state index contributed by atoms with van der Waals surface area (Å²) >= 11 is 0. The van der Waals surface area contributed by atoms with Crippen molar-refractivity contribution in [3.05, 3.63) is 0 Å². The van der Waals surface area contributed by atoms with Crippen LogP contribution in [-0.2, 0) is 0 Å². The lowest BCUT2D eigenvalue weighted by Gasteiger charge is -2.07. The van der Waals surface area contributed by atoms with E-state index in [2.05, 4.69) is 25.8 Å². The average Bonchev–Trinajstić information content (AvgIpc) is 2.25. The predicted octanol–water partition coefficient (Wildman–Crippen LogP) is 4.04. The van der Waals surface area contributed by atoms with E-state index >= 15 is 0 Å². The Balaban J connectivity index is -0.0000000453. The van der Waals surface area contributed by atoms with Gasteiger partial charge in [-0.3, -0.25) is 0 Å². The van der Waals surface area contributed by atoms with Crippen LogP contribution in [0.3, 0.4) is 0 Å². The molecule has 0 unspecified atom stereocenters. The van der Waals surface area contributed by atoms with Gasteiger partial charge < -0.3 is 4.90 Å². The van der Waals surface area contributed by atoms with E-state index in [0.29, 0.717) is 0 Å². The Bertz CT molecular complexity index is 24.2. The first-order valence-electron chi connectivity index (χ1n) is 5.49. The van der Waals surface area contributed by atoms with Crippen molar-refractivity contribution in [2.75, 3.05) is 20.1 Å². The first kappa shape index (κ1) is 22.7. The summed E-state index contributed by atoms with van der Waals surface area (Å²) in [7, 11) is 2.11. The van der Waals surface area contributed by atoms with E-state index in [9.17, 15) is 0 Å². The second kappa shape index (κ2) is 44.2. The summed E-state index contributed by atoms with van der Waals surface area (Å²) in [5.41, 5.74) is 0. The zero-order chi connectivity index (χ0) is 11.0. The molecule has 0 heterocycles. The van der Waals surface area contributed by atoms with E-state index in [-0.39, 0.29) is 0 Å². The van der Waals surface area contributed by atoms with Crippen molar-refractivity contribution in [1.29, 1.82) is 0 Å². The normalized spacial score (nSPS) is 6.50. The minimum absolute atomic E-state index is 1.16. The van der Waals surface area contributed by atoms with Gasteiger partial charge in [0.1, 0.15) is 0 Å². The molecule has 0 saturated heterocycles. The third-order valence-electron chi connectivity index (χ3n) is 1.08. The molecular formula is C11H31N. The molecule has 12 heavy (non-hydrogen) atoms. The van der Waals surface area contributed by atoms with E-state index < -0.39 is 0 Å². The molecule has 0 rings (SSSR count). The second-order valence-corrected chi connectivity index (χ2v) is 1.49. The topological polar surface area (TPSA) is 3.24 Å². The van der Waals surface area contributed by atoms with Gasteiger partial charge in [0.05, 0.1) is 0 Å². The van der Waals surface area contributed by atoms with Gasteiger partial charge in [0.15, 0.2) is 0 Å². The first-order chi connectivity index (χ1) is 5.81. The number of rotatable bonds is 2. The van der Waals surface area contributed by atoms with Crippen molar-refractivity contribution in [3.63, 3.8) is 0 Å². The maximum Gasteiger partial charge on any atom is -0.00504 e. The lowest BCUT2D eigenvalue weighted by molar-refractivity contribution is 0.373.